The van der Waals surface area contributed by atoms with Crippen LogP contribution in [0.2, 0.25) is 0 Å². The maximum atomic E-state index is 12.9. The van der Waals surface area contributed by atoms with Gasteiger partial charge in [0, 0.05) is 0 Å². The predicted octanol–water partition coefficient (Wildman–Crippen LogP) is 4.95. The SMILES string of the molecule is Cc1ccc2ccc(-c3ccc(F)cc3)cc2c1. The summed E-state index contributed by atoms with van der Waals surface area (Å²) in [7, 11) is 0. The van der Waals surface area contributed by atoms with Crippen LogP contribution in [0.15, 0.2) is 60.7 Å². The molecule has 0 aliphatic rings. The van der Waals surface area contributed by atoms with Crippen molar-refractivity contribution < 1.29 is 4.39 Å². The van der Waals surface area contributed by atoms with E-state index in [1.165, 1.54) is 28.5 Å². The van der Waals surface area contributed by atoms with Crippen molar-refractivity contribution in [1.29, 1.82) is 0 Å². The molecule has 0 unspecified atom stereocenters. The molecule has 0 radical (unpaired) electrons. The quantitative estimate of drug-likeness (QED) is 0.560. The van der Waals surface area contributed by atoms with Gasteiger partial charge in [-0.25, -0.2) is 4.39 Å². The summed E-state index contributed by atoms with van der Waals surface area (Å²) in [5.74, 6) is -0.199. The standard InChI is InChI=1S/C17H13F/c1-12-2-3-14-4-5-15(11-16(14)10-12)13-6-8-17(18)9-7-13/h2-11H,1H3. The van der Waals surface area contributed by atoms with Crippen LogP contribution in [0.25, 0.3) is 21.9 Å². The van der Waals surface area contributed by atoms with Gasteiger partial charge in [0.15, 0.2) is 0 Å². The number of benzene rings is 3. The van der Waals surface area contributed by atoms with Gasteiger partial charge >= 0.3 is 0 Å². The molecule has 0 bridgehead atoms. The van der Waals surface area contributed by atoms with Crippen molar-refractivity contribution in [2.24, 2.45) is 0 Å². The molecule has 0 N–H and O–H groups in total. The van der Waals surface area contributed by atoms with E-state index in [0.717, 1.165) is 11.1 Å². The second-order valence-electron chi connectivity index (χ2n) is 4.57. The Balaban J connectivity index is 2.15. The Hall–Kier alpha value is -2.15. The minimum Gasteiger partial charge on any atom is -0.207 e. The maximum Gasteiger partial charge on any atom is 0.123 e. The Kier molecular flexibility index (Phi) is 2.60. The summed E-state index contributed by atoms with van der Waals surface area (Å²) < 4.78 is 12.9. The van der Waals surface area contributed by atoms with Crippen molar-refractivity contribution in [1.82, 2.24) is 0 Å². The lowest BCUT2D eigenvalue weighted by atomic mass is 10.0. The van der Waals surface area contributed by atoms with Gasteiger partial charge in [0.05, 0.1) is 0 Å². The molecule has 3 aromatic rings. The maximum absolute atomic E-state index is 12.9. The Bertz CT molecular complexity index is 696. The van der Waals surface area contributed by atoms with E-state index in [2.05, 4.69) is 43.3 Å². The van der Waals surface area contributed by atoms with E-state index in [9.17, 15) is 4.39 Å². The van der Waals surface area contributed by atoms with Crippen molar-refractivity contribution in [3.05, 3.63) is 72.0 Å². The van der Waals surface area contributed by atoms with Crippen LogP contribution in [0.4, 0.5) is 4.39 Å². The zero-order valence-corrected chi connectivity index (χ0v) is 10.2. The van der Waals surface area contributed by atoms with Crippen molar-refractivity contribution in [2.45, 2.75) is 6.92 Å². The van der Waals surface area contributed by atoms with Crippen LogP contribution in [-0.2, 0) is 0 Å². The lowest BCUT2D eigenvalue weighted by Gasteiger charge is -2.05. The van der Waals surface area contributed by atoms with E-state index >= 15 is 0 Å². The molecule has 0 aliphatic heterocycles. The minimum absolute atomic E-state index is 0.199. The molecule has 3 rings (SSSR count). The first-order chi connectivity index (χ1) is 8.72. The second kappa shape index (κ2) is 4.26. The molecule has 0 heterocycles. The smallest absolute Gasteiger partial charge is 0.123 e. The number of aryl methyl sites for hydroxylation is 1. The number of fused-ring (bicyclic) bond motifs is 1. The van der Waals surface area contributed by atoms with E-state index in [-0.39, 0.29) is 5.82 Å². The Labute approximate surface area is 106 Å². The van der Waals surface area contributed by atoms with Crippen LogP contribution < -0.4 is 0 Å². The molecule has 1 heteroatoms. The van der Waals surface area contributed by atoms with E-state index in [1.807, 2.05) is 12.1 Å². The van der Waals surface area contributed by atoms with Crippen molar-refractivity contribution in [3.63, 3.8) is 0 Å². The predicted molar refractivity (Wildman–Crippen MR) is 74.1 cm³/mol. The summed E-state index contributed by atoms with van der Waals surface area (Å²) in [6.45, 7) is 2.09. The van der Waals surface area contributed by atoms with Crippen LogP contribution >= 0.6 is 0 Å². The van der Waals surface area contributed by atoms with Crippen LogP contribution in [-0.4, -0.2) is 0 Å². The van der Waals surface area contributed by atoms with Crippen LogP contribution in [0, 0.1) is 12.7 Å². The zero-order valence-electron chi connectivity index (χ0n) is 10.2. The van der Waals surface area contributed by atoms with Gasteiger partial charge in [-0.05, 0) is 47.0 Å². The molecule has 0 fully saturated rings. The molecular weight excluding hydrogens is 223 g/mol. The Morgan fingerprint density at radius 1 is 0.667 bits per heavy atom. The van der Waals surface area contributed by atoms with Gasteiger partial charge in [-0.15, -0.1) is 0 Å². The molecule has 18 heavy (non-hydrogen) atoms. The molecule has 0 nitrogen and oxygen atoms in total. The first-order valence-corrected chi connectivity index (χ1v) is 5.99. The third kappa shape index (κ3) is 2.00. The highest BCUT2D eigenvalue weighted by Crippen LogP contribution is 2.25. The van der Waals surface area contributed by atoms with Gasteiger partial charge in [0.25, 0.3) is 0 Å². The Morgan fingerprint density at radius 2 is 1.33 bits per heavy atom. The van der Waals surface area contributed by atoms with E-state index in [0.29, 0.717) is 0 Å². The number of halogens is 1. The molecule has 0 amide bonds. The van der Waals surface area contributed by atoms with Crippen molar-refractivity contribution in [2.75, 3.05) is 0 Å². The number of hydrogen-bond acceptors (Lipinski definition) is 0. The van der Waals surface area contributed by atoms with E-state index in [4.69, 9.17) is 0 Å². The van der Waals surface area contributed by atoms with Gasteiger partial charge < -0.3 is 0 Å². The van der Waals surface area contributed by atoms with Gasteiger partial charge in [0.1, 0.15) is 5.82 Å². The first-order valence-electron chi connectivity index (χ1n) is 5.99. The van der Waals surface area contributed by atoms with Gasteiger partial charge in [-0.1, -0.05) is 48.0 Å². The van der Waals surface area contributed by atoms with Gasteiger partial charge in [-0.2, -0.15) is 0 Å². The Morgan fingerprint density at radius 3 is 2.11 bits per heavy atom. The minimum atomic E-state index is -0.199. The average molecular weight is 236 g/mol. The normalized spacial score (nSPS) is 10.8. The van der Waals surface area contributed by atoms with Crippen molar-refractivity contribution >= 4 is 10.8 Å². The monoisotopic (exact) mass is 236 g/mol. The molecule has 0 spiro atoms. The van der Waals surface area contributed by atoms with Crippen LogP contribution in [0.3, 0.4) is 0 Å². The summed E-state index contributed by atoms with van der Waals surface area (Å²) in [6.07, 6.45) is 0. The third-order valence-electron chi connectivity index (χ3n) is 3.17. The zero-order chi connectivity index (χ0) is 12.5. The van der Waals surface area contributed by atoms with Gasteiger partial charge in [-0.3, -0.25) is 0 Å². The lowest BCUT2D eigenvalue weighted by molar-refractivity contribution is 0.628. The summed E-state index contributed by atoms with van der Waals surface area (Å²) in [5.41, 5.74) is 3.41. The molecular formula is C17H13F. The lowest BCUT2D eigenvalue weighted by Crippen LogP contribution is -1.81. The molecule has 0 atom stereocenters. The third-order valence-corrected chi connectivity index (χ3v) is 3.17. The second-order valence-corrected chi connectivity index (χ2v) is 4.57. The number of hydrogen-bond donors (Lipinski definition) is 0. The average Bonchev–Trinajstić information content (AvgIpc) is 2.38. The van der Waals surface area contributed by atoms with E-state index < -0.39 is 0 Å². The highest BCUT2D eigenvalue weighted by Gasteiger charge is 2.00. The first kappa shape index (κ1) is 11.0. The molecule has 3 aromatic carbocycles. The van der Waals surface area contributed by atoms with E-state index in [1.54, 1.807) is 0 Å². The topological polar surface area (TPSA) is 0 Å². The van der Waals surface area contributed by atoms with Gasteiger partial charge in [0.2, 0.25) is 0 Å². The molecule has 0 aliphatic carbocycles. The molecule has 88 valence electrons. The fourth-order valence-electron chi connectivity index (χ4n) is 2.19. The highest BCUT2D eigenvalue weighted by atomic mass is 19.1. The summed E-state index contributed by atoms with van der Waals surface area (Å²) in [4.78, 5) is 0. The summed E-state index contributed by atoms with van der Waals surface area (Å²) >= 11 is 0. The van der Waals surface area contributed by atoms with Crippen molar-refractivity contribution in [3.8, 4) is 11.1 Å². The molecule has 0 saturated heterocycles. The van der Waals surface area contributed by atoms with Crippen LogP contribution in [0.1, 0.15) is 5.56 Å². The summed E-state index contributed by atoms with van der Waals surface area (Å²) in [5, 5.41) is 2.45. The largest absolute Gasteiger partial charge is 0.207 e. The fraction of sp³-hybridized carbons (Fsp3) is 0.0588. The fourth-order valence-corrected chi connectivity index (χ4v) is 2.19. The summed E-state index contributed by atoms with van der Waals surface area (Å²) in [6, 6.07) is 19.3. The highest BCUT2D eigenvalue weighted by molar-refractivity contribution is 5.87. The molecule has 0 saturated carbocycles. The van der Waals surface area contributed by atoms with Crippen LogP contribution in [0.5, 0.6) is 0 Å². The number of rotatable bonds is 1. The molecule has 0 aromatic heterocycles.